The van der Waals surface area contributed by atoms with Crippen molar-refractivity contribution in [3.63, 3.8) is 0 Å². The Morgan fingerprint density at radius 2 is 1.11 bits per heavy atom. The molecule has 3 aromatic carbocycles. The Morgan fingerprint density at radius 3 is 1.43 bits per heavy atom. The predicted octanol–water partition coefficient (Wildman–Crippen LogP) is 5.57. The molecule has 0 aliphatic carbocycles. The molecule has 0 aliphatic heterocycles. The van der Waals surface area contributed by atoms with Gasteiger partial charge in [-0.05, 0) is 23.6 Å². The Hall–Kier alpha value is -2.68. The van der Waals surface area contributed by atoms with E-state index in [9.17, 15) is 5.11 Å². The molecule has 0 spiro atoms. The number of aliphatic hydroxyl groups excluding tert-OH is 1. The van der Waals surface area contributed by atoms with E-state index in [0.717, 1.165) is 16.7 Å². The molecule has 0 unspecified atom stereocenters. The maximum absolute atomic E-state index is 10.8. The third kappa shape index (κ3) is 3.94. The number of benzene rings is 3. The van der Waals surface area contributed by atoms with E-state index < -0.39 is 17.8 Å². The van der Waals surface area contributed by atoms with Gasteiger partial charge in [-0.25, -0.2) is 0 Å². The topological polar surface area (TPSA) is 29.5 Å². The van der Waals surface area contributed by atoms with Crippen molar-refractivity contribution in [2.45, 2.75) is 31.7 Å². The third-order valence-electron chi connectivity index (χ3n) is 5.30. The monoisotopic (exact) mass is 372 g/mol. The fourth-order valence-corrected chi connectivity index (χ4v) is 3.64. The van der Waals surface area contributed by atoms with E-state index in [1.54, 1.807) is 6.08 Å². The minimum atomic E-state index is -0.828. The fourth-order valence-electron chi connectivity index (χ4n) is 3.64. The van der Waals surface area contributed by atoms with E-state index in [2.05, 4.69) is 43.0 Å². The summed E-state index contributed by atoms with van der Waals surface area (Å²) >= 11 is 0. The molecule has 3 rings (SSSR count). The lowest BCUT2D eigenvalue weighted by molar-refractivity contribution is -0.102. The van der Waals surface area contributed by atoms with Gasteiger partial charge in [0.25, 0.3) is 0 Å². The zero-order chi connectivity index (χ0) is 20.0. The van der Waals surface area contributed by atoms with Gasteiger partial charge in [0.1, 0.15) is 5.60 Å². The van der Waals surface area contributed by atoms with Crippen molar-refractivity contribution in [3.05, 3.63) is 120 Å². The molecule has 2 nitrogen and oxygen atoms in total. The predicted molar refractivity (Wildman–Crippen MR) is 115 cm³/mol. The number of ether oxygens (including phenoxy) is 1. The average Bonchev–Trinajstić information content (AvgIpc) is 2.78. The summed E-state index contributed by atoms with van der Waals surface area (Å²) in [7, 11) is 0. The van der Waals surface area contributed by atoms with Gasteiger partial charge in [0.2, 0.25) is 0 Å². The quantitative estimate of drug-likeness (QED) is 0.414. The molecule has 144 valence electrons. The largest absolute Gasteiger partial charge is 0.390 e. The van der Waals surface area contributed by atoms with Crippen LogP contribution in [0.5, 0.6) is 0 Å². The van der Waals surface area contributed by atoms with Crippen molar-refractivity contribution in [2.75, 3.05) is 0 Å². The highest BCUT2D eigenvalue weighted by Gasteiger charge is 2.40. The molecule has 1 N–H and O–H groups in total. The van der Waals surface area contributed by atoms with Crippen LogP contribution < -0.4 is 0 Å². The molecule has 2 heteroatoms. The van der Waals surface area contributed by atoms with Crippen LogP contribution in [0, 0.1) is 5.92 Å². The maximum atomic E-state index is 10.8. The number of hydrogen-bond donors (Lipinski definition) is 1. The van der Waals surface area contributed by atoms with Crippen LogP contribution in [0.15, 0.2) is 104 Å². The lowest BCUT2D eigenvalue weighted by atomic mass is 9.79. The lowest BCUT2D eigenvalue weighted by Gasteiger charge is -2.40. The van der Waals surface area contributed by atoms with Crippen molar-refractivity contribution < 1.29 is 9.84 Å². The van der Waals surface area contributed by atoms with Gasteiger partial charge in [-0.3, -0.25) is 0 Å². The first-order valence-electron chi connectivity index (χ1n) is 9.74. The van der Waals surface area contributed by atoms with Crippen molar-refractivity contribution in [1.82, 2.24) is 0 Å². The SMILES string of the molecule is C=C[C@@H](C)[C@@H](O)[C@@H](C)OC(c1ccccc1)(c1ccccc1)c1ccccc1. The number of aliphatic hydroxyl groups is 1. The Morgan fingerprint density at radius 1 is 0.750 bits per heavy atom. The minimum absolute atomic E-state index is 0.0741. The lowest BCUT2D eigenvalue weighted by Crippen LogP contribution is -2.41. The van der Waals surface area contributed by atoms with Crippen LogP contribution in [0.1, 0.15) is 30.5 Å². The van der Waals surface area contributed by atoms with Crippen molar-refractivity contribution in [2.24, 2.45) is 5.92 Å². The van der Waals surface area contributed by atoms with Crippen LogP contribution in [0.3, 0.4) is 0 Å². The second kappa shape index (κ2) is 9.01. The fraction of sp³-hybridized carbons (Fsp3) is 0.231. The zero-order valence-corrected chi connectivity index (χ0v) is 16.5. The molecule has 0 saturated carbocycles. The van der Waals surface area contributed by atoms with Gasteiger partial charge in [0, 0.05) is 5.92 Å². The Bertz CT molecular complexity index is 762. The molecule has 0 fully saturated rings. The molecule has 28 heavy (non-hydrogen) atoms. The summed E-state index contributed by atoms with van der Waals surface area (Å²) < 4.78 is 6.78. The molecule has 0 aliphatic rings. The normalized spacial score (nSPS) is 14.8. The van der Waals surface area contributed by atoms with Crippen molar-refractivity contribution in [3.8, 4) is 0 Å². The summed E-state index contributed by atoms with van der Waals surface area (Å²) in [4.78, 5) is 0. The third-order valence-corrected chi connectivity index (χ3v) is 5.30. The van der Waals surface area contributed by atoms with Gasteiger partial charge < -0.3 is 9.84 Å². The zero-order valence-electron chi connectivity index (χ0n) is 16.5. The van der Waals surface area contributed by atoms with E-state index in [-0.39, 0.29) is 5.92 Å². The van der Waals surface area contributed by atoms with Crippen LogP contribution in [0.25, 0.3) is 0 Å². The maximum Gasteiger partial charge on any atom is 0.144 e. The first-order valence-corrected chi connectivity index (χ1v) is 9.74. The van der Waals surface area contributed by atoms with Gasteiger partial charge in [0.05, 0.1) is 12.2 Å². The molecular formula is C26H28O2. The van der Waals surface area contributed by atoms with Crippen LogP contribution in [0.4, 0.5) is 0 Å². The molecule has 0 bridgehead atoms. The van der Waals surface area contributed by atoms with E-state index in [4.69, 9.17) is 4.74 Å². The second-order valence-corrected chi connectivity index (χ2v) is 7.19. The first-order chi connectivity index (χ1) is 13.6. The Kier molecular flexibility index (Phi) is 6.45. The van der Waals surface area contributed by atoms with Gasteiger partial charge in [-0.1, -0.05) is 104 Å². The molecule has 0 saturated heterocycles. The Labute approximate surface area is 168 Å². The van der Waals surface area contributed by atoms with Crippen molar-refractivity contribution in [1.29, 1.82) is 0 Å². The molecule has 0 radical (unpaired) electrons. The highest BCUT2D eigenvalue weighted by molar-refractivity contribution is 5.47. The van der Waals surface area contributed by atoms with E-state index in [0.29, 0.717) is 0 Å². The van der Waals surface area contributed by atoms with Gasteiger partial charge in [-0.2, -0.15) is 0 Å². The smallest absolute Gasteiger partial charge is 0.144 e. The molecule has 0 amide bonds. The summed E-state index contributed by atoms with van der Waals surface area (Å²) in [5.74, 6) is -0.0741. The standard InChI is InChI=1S/C26H28O2/c1-4-20(2)25(27)21(3)28-26(22-14-8-5-9-15-22,23-16-10-6-11-17-23)24-18-12-7-13-19-24/h4-21,25,27H,1H2,2-3H3/t20-,21-,25-/m1/s1. The van der Waals surface area contributed by atoms with Crippen LogP contribution in [-0.4, -0.2) is 17.3 Å². The summed E-state index contributed by atoms with van der Waals surface area (Å²) in [6.07, 6.45) is 0.696. The number of rotatable bonds is 8. The highest BCUT2D eigenvalue weighted by atomic mass is 16.5. The number of hydrogen-bond acceptors (Lipinski definition) is 2. The van der Waals surface area contributed by atoms with E-state index in [1.807, 2.05) is 68.4 Å². The van der Waals surface area contributed by atoms with Crippen molar-refractivity contribution >= 4 is 0 Å². The van der Waals surface area contributed by atoms with Crippen LogP contribution in [-0.2, 0) is 10.3 Å². The minimum Gasteiger partial charge on any atom is -0.390 e. The molecule has 3 atom stereocenters. The van der Waals surface area contributed by atoms with E-state index in [1.165, 1.54) is 0 Å². The molecule has 0 aromatic heterocycles. The van der Waals surface area contributed by atoms with Crippen LogP contribution >= 0.6 is 0 Å². The molecule has 0 heterocycles. The Balaban J connectivity index is 2.21. The second-order valence-electron chi connectivity index (χ2n) is 7.19. The summed E-state index contributed by atoms with van der Waals surface area (Å²) in [5, 5.41) is 10.8. The molecular weight excluding hydrogens is 344 g/mol. The summed E-state index contributed by atoms with van der Waals surface area (Å²) in [5.41, 5.74) is 2.25. The van der Waals surface area contributed by atoms with Gasteiger partial charge >= 0.3 is 0 Å². The van der Waals surface area contributed by atoms with Gasteiger partial charge in [-0.15, -0.1) is 6.58 Å². The van der Waals surface area contributed by atoms with Crippen LogP contribution in [0.2, 0.25) is 0 Å². The van der Waals surface area contributed by atoms with Gasteiger partial charge in [0.15, 0.2) is 0 Å². The first kappa shape index (κ1) is 20.1. The molecule has 3 aromatic rings. The summed E-state index contributed by atoms with van der Waals surface area (Å²) in [6, 6.07) is 30.6. The average molecular weight is 373 g/mol. The van der Waals surface area contributed by atoms with E-state index >= 15 is 0 Å². The summed E-state index contributed by atoms with van der Waals surface area (Å²) in [6.45, 7) is 7.70. The highest BCUT2D eigenvalue weighted by Crippen LogP contribution is 2.42.